The van der Waals surface area contributed by atoms with E-state index < -0.39 is 11.9 Å². The number of hydrogen-bond acceptors (Lipinski definition) is 5. The summed E-state index contributed by atoms with van der Waals surface area (Å²) >= 11 is 1.26. The fraction of sp³-hybridized carbons (Fsp3) is 0.0870. The number of anilines is 1. The zero-order chi connectivity index (χ0) is 20.6. The zero-order valence-corrected chi connectivity index (χ0v) is 16.5. The smallest absolute Gasteiger partial charge is 0.341 e. The first-order chi connectivity index (χ1) is 14.1. The molecule has 5 nitrogen and oxygen atoms in total. The summed E-state index contributed by atoms with van der Waals surface area (Å²) in [5.41, 5.74) is 1.87. The molecule has 0 unspecified atom stereocenters. The molecule has 1 amide bonds. The Morgan fingerprint density at radius 3 is 2.38 bits per heavy atom. The van der Waals surface area contributed by atoms with E-state index >= 15 is 0 Å². The van der Waals surface area contributed by atoms with Crippen molar-refractivity contribution in [3.05, 3.63) is 83.4 Å². The Hall–Kier alpha value is -3.69. The van der Waals surface area contributed by atoms with Gasteiger partial charge in [-0.3, -0.25) is 4.79 Å². The van der Waals surface area contributed by atoms with Gasteiger partial charge in [0.1, 0.15) is 16.6 Å². The van der Waals surface area contributed by atoms with Crippen LogP contribution < -0.4 is 5.32 Å². The summed E-state index contributed by atoms with van der Waals surface area (Å²) in [4.78, 5) is 25.9. The predicted octanol–water partition coefficient (Wildman–Crippen LogP) is 5.14. The Bertz CT molecular complexity index is 1080. The number of amides is 1. The van der Waals surface area contributed by atoms with Gasteiger partial charge in [0.15, 0.2) is 0 Å². The Kier molecular flexibility index (Phi) is 6.56. The second kappa shape index (κ2) is 9.49. The van der Waals surface area contributed by atoms with Gasteiger partial charge < -0.3 is 10.1 Å². The Labute approximate surface area is 172 Å². The average Bonchev–Trinajstić information content (AvgIpc) is 3.17. The maximum absolute atomic E-state index is 12.7. The van der Waals surface area contributed by atoms with Crippen molar-refractivity contribution in [1.29, 1.82) is 5.26 Å². The molecule has 2 aromatic carbocycles. The molecule has 3 aromatic rings. The molecule has 0 aliphatic heterocycles. The van der Waals surface area contributed by atoms with E-state index in [1.807, 2.05) is 54.6 Å². The third-order valence-electron chi connectivity index (χ3n) is 3.99. The van der Waals surface area contributed by atoms with Crippen LogP contribution in [0, 0.1) is 11.3 Å². The molecule has 3 rings (SSSR count). The van der Waals surface area contributed by atoms with Crippen molar-refractivity contribution in [1.82, 2.24) is 0 Å². The molecule has 0 saturated heterocycles. The number of hydrogen-bond donors (Lipinski definition) is 1. The minimum absolute atomic E-state index is 0.0549. The Morgan fingerprint density at radius 2 is 1.76 bits per heavy atom. The normalized spacial score (nSPS) is 10.8. The van der Waals surface area contributed by atoms with Crippen LogP contribution in [0.2, 0.25) is 0 Å². The maximum Gasteiger partial charge on any atom is 0.341 e. The molecule has 1 N–H and O–H groups in total. The van der Waals surface area contributed by atoms with Crippen LogP contribution in [-0.2, 0) is 9.53 Å². The molecule has 0 saturated carbocycles. The van der Waals surface area contributed by atoms with Crippen LogP contribution in [0.3, 0.4) is 0 Å². The fourth-order valence-electron chi connectivity index (χ4n) is 2.62. The lowest BCUT2D eigenvalue weighted by Gasteiger charge is -2.05. The summed E-state index contributed by atoms with van der Waals surface area (Å²) in [5.74, 6) is -1.10. The number of benzene rings is 2. The molecule has 144 valence electrons. The summed E-state index contributed by atoms with van der Waals surface area (Å²) in [7, 11) is 0. The molecule has 29 heavy (non-hydrogen) atoms. The van der Waals surface area contributed by atoms with E-state index in [1.54, 1.807) is 25.1 Å². The number of carbonyl (C=O) groups excluding carboxylic acids is 2. The molecule has 0 fully saturated rings. The van der Waals surface area contributed by atoms with Gasteiger partial charge >= 0.3 is 5.97 Å². The number of nitriles is 1. The van der Waals surface area contributed by atoms with Gasteiger partial charge in [-0.2, -0.15) is 5.26 Å². The van der Waals surface area contributed by atoms with Gasteiger partial charge in [0.2, 0.25) is 0 Å². The van der Waals surface area contributed by atoms with Crippen LogP contribution in [0.15, 0.2) is 72.3 Å². The van der Waals surface area contributed by atoms with Gasteiger partial charge in [-0.05, 0) is 30.2 Å². The van der Waals surface area contributed by atoms with Crippen LogP contribution in [-0.4, -0.2) is 18.5 Å². The highest BCUT2D eigenvalue weighted by Crippen LogP contribution is 2.36. The highest BCUT2D eigenvalue weighted by Gasteiger charge is 2.21. The van der Waals surface area contributed by atoms with E-state index in [9.17, 15) is 14.9 Å². The van der Waals surface area contributed by atoms with Gasteiger partial charge in [-0.25, -0.2) is 4.79 Å². The molecular weight excluding hydrogens is 384 g/mol. The first kappa shape index (κ1) is 20.1. The van der Waals surface area contributed by atoms with Gasteiger partial charge in [0, 0.05) is 4.88 Å². The second-order valence-corrected chi connectivity index (χ2v) is 7.03. The summed E-state index contributed by atoms with van der Waals surface area (Å²) in [5, 5.41) is 12.5. The monoisotopic (exact) mass is 402 g/mol. The largest absolute Gasteiger partial charge is 0.462 e. The van der Waals surface area contributed by atoms with Crippen molar-refractivity contribution in [3.63, 3.8) is 0 Å². The van der Waals surface area contributed by atoms with E-state index in [2.05, 4.69) is 5.32 Å². The second-order valence-electron chi connectivity index (χ2n) is 5.97. The topological polar surface area (TPSA) is 79.2 Å². The predicted molar refractivity (Wildman–Crippen MR) is 114 cm³/mol. The summed E-state index contributed by atoms with van der Waals surface area (Å²) in [6, 6.07) is 22.2. The molecule has 1 heterocycles. The average molecular weight is 402 g/mol. The minimum atomic E-state index is -0.580. The number of nitrogens with zero attached hydrogens (tertiary/aromatic N) is 1. The van der Waals surface area contributed by atoms with E-state index in [1.165, 1.54) is 17.4 Å². The number of thiophene rings is 1. The molecule has 0 bridgehead atoms. The van der Waals surface area contributed by atoms with Gasteiger partial charge in [0.05, 0.1) is 12.2 Å². The molecule has 0 atom stereocenters. The molecule has 1 aromatic heterocycles. The van der Waals surface area contributed by atoms with Crippen molar-refractivity contribution >= 4 is 34.3 Å². The number of carbonyl (C=O) groups is 2. The summed E-state index contributed by atoms with van der Waals surface area (Å²) in [6.07, 6.45) is 1.51. The quantitative estimate of drug-likeness (QED) is 0.352. The minimum Gasteiger partial charge on any atom is -0.462 e. The van der Waals surface area contributed by atoms with Crippen molar-refractivity contribution in [2.24, 2.45) is 0 Å². The highest BCUT2D eigenvalue weighted by molar-refractivity contribution is 7.20. The van der Waals surface area contributed by atoms with Crippen molar-refractivity contribution in [2.45, 2.75) is 6.92 Å². The third-order valence-corrected chi connectivity index (χ3v) is 5.09. The van der Waals surface area contributed by atoms with E-state index in [4.69, 9.17) is 4.74 Å². The van der Waals surface area contributed by atoms with Crippen LogP contribution in [0.25, 0.3) is 16.5 Å². The van der Waals surface area contributed by atoms with E-state index in [-0.39, 0.29) is 17.7 Å². The standard InChI is InChI=1S/C23H18N2O3S/c1-2-28-23(27)19-14-20(17-11-7-4-8-12-17)29-22(19)25-21(26)18(15-24)13-16-9-5-3-6-10-16/h3-14H,2H2,1H3,(H,25,26)/b18-13+. The van der Waals surface area contributed by atoms with Crippen LogP contribution in [0.5, 0.6) is 0 Å². The highest BCUT2D eigenvalue weighted by atomic mass is 32.1. The third kappa shape index (κ3) is 4.98. The number of esters is 1. The molecular formula is C23H18N2O3S. The van der Waals surface area contributed by atoms with Crippen molar-refractivity contribution in [2.75, 3.05) is 11.9 Å². The van der Waals surface area contributed by atoms with E-state index in [0.717, 1.165) is 16.0 Å². The number of ether oxygens (including phenoxy) is 1. The van der Waals surface area contributed by atoms with Crippen molar-refractivity contribution in [3.8, 4) is 16.5 Å². The van der Waals surface area contributed by atoms with Gasteiger partial charge in [-0.15, -0.1) is 11.3 Å². The summed E-state index contributed by atoms with van der Waals surface area (Å²) < 4.78 is 5.12. The first-order valence-corrected chi connectivity index (χ1v) is 9.78. The Balaban J connectivity index is 1.93. The fourth-order valence-corrected chi connectivity index (χ4v) is 3.67. The van der Waals surface area contributed by atoms with Crippen LogP contribution in [0.4, 0.5) is 5.00 Å². The number of rotatable bonds is 6. The van der Waals surface area contributed by atoms with Gasteiger partial charge in [-0.1, -0.05) is 60.7 Å². The first-order valence-electron chi connectivity index (χ1n) is 8.97. The van der Waals surface area contributed by atoms with Gasteiger partial charge in [0.25, 0.3) is 5.91 Å². The van der Waals surface area contributed by atoms with Crippen molar-refractivity contribution < 1.29 is 14.3 Å². The molecule has 6 heteroatoms. The molecule has 0 radical (unpaired) electrons. The Morgan fingerprint density at radius 1 is 1.10 bits per heavy atom. The van der Waals surface area contributed by atoms with Crippen LogP contribution in [0.1, 0.15) is 22.8 Å². The lowest BCUT2D eigenvalue weighted by Crippen LogP contribution is -2.15. The van der Waals surface area contributed by atoms with E-state index in [0.29, 0.717) is 5.00 Å². The zero-order valence-electron chi connectivity index (χ0n) is 15.7. The number of nitrogens with one attached hydrogen (secondary N) is 1. The van der Waals surface area contributed by atoms with Crippen LogP contribution >= 0.6 is 11.3 Å². The lowest BCUT2D eigenvalue weighted by molar-refractivity contribution is -0.112. The maximum atomic E-state index is 12.7. The molecule has 0 aliphatic carbocycles. The lowest BCUT2D eigenvalue weighted by atomic mass is 10.1. The molecule has 0 aliphatic rings. The molecule has 0 spiro atoms. The SMILES string of the molecule is CCOC(=O)c1cc(-c2ccccc2)sc1NC(=O)/C(C#N)=C/c1ccccc1. The summed E-state index contributed by atoms with van der Waals surface area (Å²) in [6.45, 7) is 1.94.